The summed E-state index contributed by atoms with van der Waals surface area (Å²) in [5.74, 6) is -0.0888. The first-order valence-electron chi connectivity index (χ1n) is 7.53. The molecule has 1 saturated heterocycles. The molecule has 1 heterocycles. The molecule has 1 aromatic rings. The summed E-state index contributed by atoms with van der Waals surface area (Å²) in [6.45, 7) is 4.70. The highest BCUT2D eigenvalue weighted by Gasteiger charge is 2.14. The number of carbonyl (C=O) groups is 1. The molecule has 4 nitrogen and oxygen atoms in total. The van der Waals surface area contributed by atoms with Crippen LogP contribution in [0.4, 0.5) is 11.4 Å². The second-order valence-corrected chi connectivity index (χ2v) is 5.10. The molecule has 0 aliphatic carbocycles. The molecular weight excluding hydrogens is 252 g/mol. The first kappa shape index (κ1) is 14.9. The molecule has 1 amide bonds. The maximum Gasteiger partial charge on any atom is 0.250 e. The zero-order chi connectivity index (χ0) is 14.2. The van der Waals surface area contributed by atoms with Crippen LogP contribution in [0, 0.1) is 0 Å². The number of carbonyl (C=O) groups excluding carboxylic acids is 1. The van der Waals surface area contributed by atoms with Gasteiger partial charge >= 0.3 is 0 Å². The van der Waals surface area contributed by atoms with Crippen LogP contribution in [0.15, 0.2) is 24.3 Å². The van der Waals surface area contributed by atoms with Gasteiger partial charge in [-0.1, -0.05) is 25.0 Å². The summed E-state index contributed by atoms with van der Waals surface area (Å²) in [5.41, 5.74) is 2.01. The minimum absolute atomic E-state index is 0.0888. The number of rotatable bonds is 5. The van der Waals surface area contributed by atoms with E-state index in [2.05, 4.69) is 16.3 Å². The number of hydrogen-bond donors (Lipinski definition) is 1. The van der Waals surface area contributed by atoms with E-state index in [-0.39, 0.29) is 12.5 Å². The van der Waals surface area contributed by atoms with E-state index in [1.54, 1.807) is 0 Å². The van der Waals surface area contributed by atoms with Crippen molar-refractivity contribution in [3.63, 3.8) is 0 Å². The number of amides is 1. The number of benzene rings is 1. The van der Waals surface area contributed by atoms with E-state index in [0.29, 0.717) is 6.61 Å². The van der Waals surface area contributed by atoms with Gasteiger partial charge in [0.1, 0.15) is 6.61 Å². The van der Waals surface area contributed by atoms with Crippen molar-refractivity contribution in [2.75, 3.05) is 36.5 Å². The molecule has 4 heteroatoms. The monoisotopic (exact) mass is 276 g/mol. The summed E-state index contributed by atoms with van der Waals surface area (Å²) >= 11 is 0. The lowest BCUT2D eigenvalue weighted by molar-refractivity contribution is -0.120. The Morgan fingerprint density at radius 2 is 1.90 bits per heavy atom. The molecule has 0 atom stereocenters. The van der Waals surface area contributed by atoms with Gasteiger partial charge in [0.15, 0.2) is 0 Å². The first-order valence-corrected chi connectivity index (χ1v) is 7.53. The van der Waals surface area contributed by atoms with Crippen molar-refractivity contribution in [3.05, 3.63) is 24.3 Å². The molecule has 0 saturated carbocycles. The van der Waals surface area contributed by atoms with Crippen molar-refractivity contribution < 1.29 is 9.53 Å². The second kappa shape index (κ2) is 7.90. The Labute approximate surface area is 121 Å². The molecule has 1 N–H and O–H groups in total. The average molecular weight is 276 g/mol. The van der Waals surface area contributed by atoms with Crippen LogP contribution in [-0.4, -0.2) is 32.2 Å². The Kier molecular flexibility index (Phi) is 5.87. The van der Waals surface area contributed by atoms with E-state index >= 15 is 0 Å². The van der Waals surface area contributed by atoms with Crippen LogP contribution in [0.2, 0.25) is 0 Å². The zero-order valence-electron chi connectivity index (χ0n) is 12.2. The van der Waals surface area contributed by atoms with Gasteiger partial charge in [0.05, 0.1) is 11.4 Å². The Hall–Kier alpha value is -1.55. The van der Waals surface area contributed by atoms with Crippen LogP contribution in [0.3, 0.4) is 0 Å². The summed E-state index contributed by atoms with van der Waals surface area (Å²) in [6.07, 6.45) is 5.05. The van der Waals surface area contributed by atoms with Gasteiger partial charge in [-0.25, -0.2) is 0 Å². The molecule has 1 aliphatic rings. The summed E-state index contributed by atoms with van der Waals surface area (Å²) in [6, 6.07) is 8.03. The lowest BCUT2D eigenvalue weighted by Gasteiger charge is -2.25. The average Bonchev–Trinajstić information content (AvgIpc) is 2.75. The zero-order valence-corrected chi connectivity index (χ0v) is 12.2. The van der Waals surface area contributed by atoms with Gasteiger partial charge in [0.2, 0.25) is 5.91 Å². The van der Waals surface area contributed by atoms with Crippen LogP contribution >= 0.6 is 0 Å². The standard InChI is InChI=1S/C16H24N2O2/c1-2-20-13-16(19)17-14-9-5-6-10-15(14)18-11-7-3-4-8-12-18/h5-6,9-10H,2-4,7-8,11-13H2,1H3,(H,17,19). The van der Waals surface area contributed by atoms with Gasteiger partial charge in [-0.3, -0.25) is 4.79 Å². The van der Waals surface area contributed by atoms with Gasteiger partial charge in [0, 0.05) is 19.7 Å². The van der Waals surface area contributed by atoms with Gasteiger partial charge < -0.3 is 15.0 Å². The smallest absolute Gasteiger partial charge is 0.250 e. The van der Waals surface area contributed by atoms with Gasteiger partial charge in [0.25, 0.3) is 0 Å². The lowest BCUT2D eigenvalue weighted by atomic mass is 10.2. The summed E-state index contributed by atoms with van der Waals surface area (Å²) in [7, 11) is 0. The van der Waals surface area contributed by atoms with E-state index in [1.165, 1.54) is 25.7 Å². The van der Waals surface area contributed by atoms with Crippen LogP contribution < -0.4 is 10.2 Å². The number of nitrogens with zero attached hydrogens (tertiary/aromatic N) is 1. The number of anilines is 2. The minimum Gasteiger partial charge on any atom is -0.372 e. The summed E-state index contributed by atoms with van der Waals surface area (Å²) < 4.78 is 5.15. The van der Waals surface area contributed by atoms with E-state index < -0.39 is 0 Å². The Morgan fingerprint density at radius 3 is 2.60 bits per heavy atom. The van der Waals surface area contributed by atoms with Crippen molar-refractivity contribution in [1.29, 1.82) is 0 Å². The molecule has 20 heavy (non-hydrogen) atoms. The lowest BCUT2D eigenvalue weighted by Crippen LogP contribution is -2.26. The third-order valence-corrected chi connectivity index (χ3v) is 3.56. The van der Waals surface area contributed by atoms with Gasteiger partial charge in [-0.2, -0.15) is 0 Å². The van der Waals surface area contributed by atoms with E-state index in [4.69, 9.17) is 4.74 Å². The van der Waals surface area contributed by atoms with Crippen molar-refractivity contribution in [2.24, 2.45) is 0 Å². The molecule has 110 valence electrons. The fourth-order valence-corrected chi connectivity index (χ4v) is 2.55. The number of nitrogens with one attached hydrogen (secondary N) is 1. The van der Waals surface area contributed by atoms with Crippen molar-refractivity contribution in [2.45, 2.75) is 32.6 Å². The molecule has 0 spiro atoms. The minimum atomic E-state index is -0.0888. The number of hydrogen-bond acceptors (Lipinski definition) is 3. The van der Waals surface area contributed by atoms with E-state index in [0.717, 1.165) is 24.5 Å². The van der Waals surface area contributed by atoms with Crippen LogP contribution in [0.1, 0.15) is 32.6 Å². The van der Waals surface area contributed by atoms with Gasteiger partial charge in [-0.15, -0.1) is 0 Å². The summed E-state index contributed by atoms with van der Waals surface area (Å²) in [5, 5.41) is 2.96. The van der Waals surface area contributed by atoms with Crippen LogP contribution in [0.25, 0.3) is 0 Å². The highest BCUT2D eigenvalue weighted by atomic mass is 16.5. The maximum atomic E-state index is 11.8. The fraction of sp³-hybridized carbons (Fsp3) is 0.562. The Bertz CT molecular complexity index is 426. The van der Waals surface area contributed by atoms with Gasteiger partial charge in [-0.05, 0) is 31.9 Å². The Balaban J connectivity index is 2.06. The van der Waals surface area contributed by atoms with Crippen molar-refractivity contribution >= 4 is 17.3 Å². The maximum absolute atomic E-state index is 11.8. The first-order chi connectivity index (χ1) is 9.81. The van der Waals surface area contributed by atoms with Crippen LogP contribution in [-0.2, 0) is 9.53 Å². The third kappa shape index (κ3) is 4.23. The SMILES string of the molecule is CCOCC(=O)Nc1ccccc1N1CCCCCC1. The quantitative estimate of drug-likeness (QED) is 0.898. The molecule has 0 aromatic heterocycles. The molecule has 0 unspecified atom stereocenters. The summed E-state index contributed by atoms with van der Waals surface area (Å²) in [4.78, 5) is 14.2. The molecule has 0 bridgehead atoms. The van der Waals surface area contributed by atoms with E-state index in [1.807, 2.05) is 25.1 Å². The van der Waals surface area contributed by atoms with Crippen molar-refractivity contribution in [3.8, 4) is 0 Å². The molecule has 1 aliphatic heterocycles. The normalized spacial score (nSPS) is 15.8. The second-order valence-electron chi connectivity index (χ2n) is 5.10. The number of para-hydroxylation sites is 2. The molecule has 1 aromatic carbocycles. The number of ether oxygens (including phenoxy) is 1. The van der Waals surface area contributed by atoms with Crippen molar-refractivity contribution in [1.82, 2.24) is 0 Å². The largest absolute Gasteiger partial charge is 0.372 e. The molecule has 1 fully saturated rings. The molecule has 0 radical (unpaired) electrons. The molecule has 2 rings (SSSR count). The third-order valence-electron chi connectivity index (χ3n) is 3.56. The topological polar surface area (TPSA) is 41.6 Å². The van der Waals surface area contributed by atoms with Crippen LogP contribution in [0.5, 0.6) is 0 Å². The highest BCUT2D eigenvalue weighted by molar-refractivity contribution is 5.95. The predicted octanol–water partition coefficient (Wildman–Crippen LogP) is 3.04. The predicted molar refractivity (Wildman–Crippen MR) is 82.2 cm³/mol. The fourth-order valence-electron chi connectivity index (χ4n) is 2.55. The molecular formula is C16H24N2O2. The van der Waals surface area contributed by atoms with E-state index in [9.17, 15) is 4.79 Å². The Morgan fingerprint density at radius 1 is 1.20 bits per heavy atom. The highest BCUT2D eigenvalue weighted by Crippen LogP contribution is 2.27.